The van der Waals surface area contributed by atoms with Crippen LogP contribution < -0.4 is 11.2 Å². The van der Waals surface area contributed by atoms with Crippen LogP contribution in [0, 0.1) is 0 Å². The summed E-state index contributed by atoms with van der Waals surface area (Å²) in [6, 6.07) is 1.02. The number of fused-ring (bicyclic) bond motifs is 2. The zero-order valence-corrected chi connectivity index (χ0v) is 5.91. The lowest BCUT2D eigenvalue weighted by atomic mass is 10.7. The van der Waals surface area contributed by atoms with Crippen molar-refractivity contribution in [1.82, 2.24) is 7.94 Å². The fourth-order valence-electron chi connectivity index (χ4n) is 0.890. The van der Waals surface area contributed by atoms with Crippen LogP contribution in [0.2, 0.25) is 0 Å². The van der Waals surface area contributed by atoms with Gasteiger partial charge in [-0.05, 0) is 0 Å². The van der Waals surface area contributed by atoms with Crippen molar-refractivity contribution in [2.45, 2.75) is 0 Å². The highest BCUT2D eigenvalue weighted by Crippen LogP contribution is 1.99. The molecule has 0 aromatic carbocycles. The smallest absolute Gasteiger partial charge is 0.268 e. The molecule has 0 unspecified atom stereocenters. The van der Waals surface area contributed by atoms with Crippen molar-refractivity contribution in [1.29, 1.82) is 0 Å². The minimum Gasteiger partial charge on any atom is -0.268 e. The fraction of sp³-hybridized carbons (Fsp3) is 0. The quantitative estimate of drug-likeness (QED) is 0.461. The van der Waals surface area contributed by atoms with Gasteiger partial charge in [0.25, 0.3) is 5.56 Å². The second kappa shape index (κ2) is 1.45. The van der Waals surface area contributed by atoms with Gasteiger partial charge >= 0.3 is 15.9 Å². The largest absolute Gasteiger partial charge is 0.361 e. The number of hydrogen-bond donors (Lipinski definition) is 0. The van der Waals surface area contributed by atoms with Crippen LogP contribution in [-0.4, -0.2) is 16.4 Å². The molecule has 6 nitrogen and oxygen atoms in total. The maximum absolute atomic E-state index is 10.8. The second-order valence-electron chi connectivity index (χ2n) is 2.00. The first kappa shape index (κ1) is 6.35. The van der Waals surface area contributed by atoms with Gasteiger partial charge in [-0.2, -0.15) is 12.4 Å². The minimum absolute atomic E-state index is 0.215. The average Bonchev–Trinajstić information content (AvgIpc) is 1.85. The molecular formula is C4H2N2O4S. The second-order valence-corrected chi connectivity index (χ2v) is 3.66. The Morgan fingerprint density at radius 1 is 1.27 bits per heavy atom. The summed E-state index contributed by atoms with van der Waals surface area (Å²) in [6.07, 6.45) is 0.944. The molecule has 0 aliphatic carbocycles. The molecule has 3 heterocycles. The first-order valence-corrected chi connectivity index (χ1v) is 4.05. The number of nitrogens with zero attached hydrogens (tertiary/aromatic N) is 2. The molecule has 0 amide bonds. The zero-order valence-electron chi connectivity index (χ0n) is 5.09. The van der Waals surface area contributed by atoms with E-state index >= 15 is 0 Å². The molecule has 1 aromatic heterocycles. The molecule has 11 heavy (non-hydrogen) atoms. The summed E-state index contributed by atoms with van der Waals surface area (Å²) < 4.78 is 22.3. The van der Waals surface area contributed by atoms with E-state index in [1.54, 1.807) is 0 Å². The molecule has 1 aromatic rings. The van der Waals surface area contributed by atoms with Crippen LogP contribution in [0.3, 0.4) is 0 Å². The van der Waals surface area contributed by atoms with Gasteiger partial charge in [0, 0.05) is 12.3 Å². The monoisotopic (exact) mass is 174 g/mol. The normalized spacial score (nSPS) is 17.5. The molecule has 2 bridgehead atoms. The predicted octanol–water partition coefficient (Wildman–Crippen LogP) is -2.04. The molecule has 0 atom stereocenters. The van der Waals surface area contributed by atoms with Gasteiger partial charge in [0.1, 0.15) is 0 Å². The van der Waals surface area contributed by atoms with Gasteiger partial charge in [0.2, 0.25) is 0 Å². The standard InChI is InChI=1S/C4H2N2O4S/c7-3-1-2-5-4(8)6(3)11(5,9)10/h1-2H. The Morgan fingerprint density at radius 2 is 1.91 bits per heavy atom. The Hall–Kier alpha value is -1.37. The Morgan fingerprint density at radius 3 is 2.18 bits per heavy atom. The topological polar surface area (TPSA) is 78.1 Å². The predicted molar refractivity (Wildman–Crippen MR) is 34.7 cm³/mol. The third kappa shape index (κ3) is 0.497. The molecule has 0 N–H and O–H groups in total. The Labute approximate surface area is 60.5 Å². The van der Waals surface area contributed by atoms with Crippen molar-refractivity contribution in [2.75, 3.05) is 0 Å². The third-order valence-electron chi connectivity index (χ3n) is 1.39. The van der Waals surface area contributed by atoms with Crippen molar-refractivity contribution in [3.63, 3.8) is 0 Å². The van der Waals surface area contributed by atoms with E-state index in [0.717, 1.165) is 12.3 Å². The van der Waals surface area contributed by atoms with E-state index in [1.807, 2.05) is 0 Å². The summed E-state index contributed by atoms with van der Waals surface area (Å²) >= 11 is 0. The van der Waals surface area contributed by atoms with E-state index in [9.17, 15) is 18.0 Å². The summed E-state index contributed by atoms with van der Waals surface area (Å²) in [5.41, 5.74) is -1.62. The summed E-state index contributed by atoms with van der Waals surface area (Å²) in [7, 11) is -3.78. The maximum atomic E-state index is 10.8. The SMILES string of the molecule is O=c1ccn2c(=O)n1S2(=O)=O. The third-order valence-corrected chi connectivity index (χ3v) is 2.97. The fourth-order valence-corrected chi connectivity index (χ4v) is 2.02. The van der Waals surface area contributed by atoms with Gasteiger partial charge in [-0.25, -0.2) is 4.79 Å². The summed E-state index contributed by atoms with van der Waals surface area (Å²) in [5, 5.41) is 0. The maximum Gasteiger partial charge on any atom is 0.361 e. The lowest BCUT2D eigenvalue weighted by Crippen LogP contribution is -2.57. The molecule has 0 fully saturated rings. The molecule has 3 rings (SSSR count). The average molecular weight is 174 g/mol. The van der Waals surface area contributed by atoms with Crippen LogP contribution in [0.1, 0.15) is 0 Å². The summed E-state index contributed by atoms with van der Waals surface area (Å²) in [6.45, 7) is 0. The van der Waals surface area contributed by atoms with Crippen molar-refractivity contribution < 1.29 is 8.42 Å². The Bertz CT molecular complexity index is 522. The van der Waals surface area contributed by atoms with Crippen LogP contribution >= 0.6 is 0 Å². The van der Waals surface area contributed by atoms with Crippen LogP contribution in [0.25, 0.3) is 0 Å². The van der Waals surface area contributed by atoms with Crippen molar-refractivity contribution in [2.24, 2.45) is 0 Å². The summed E-state index contributed by atoms with van der Waals surface area (Å²) in [5.74, 6) is 0. The summed E-state index contributed by atoms with van der Waals surface area (Å²) in [4.78, 5) is 21.3. The lowest BCUT2D eigenvalue weighted by molar-refractivity contribution is 0.545. The van der Waals surface area contributed by atoms with E-state index < -0.39 is 21.5 Å². The number of aromatic nitrogens is 2. The Balaban J connectivity index is 3.20. The molecule has 2 aliphatic rings. The molecule has 0 saturated carbocycles. The number of hydrogen-bond acceptors (Lipinski definition) is 4. The van der Waals surface area contributed by atoms with E-state index in [2.05, 4.69) is 0 Å². The van der Waals surface area contributed by atoms with E-state index in [1.165, 1.54) is 0 Å². The Kier molecular flexibility index (Phi) is 0.835. The van der Waals surface area contributed by atoms with E-state index in [0.29, 0.717) is 3.97 Å². The van der Waals surface area contributed by atoms with Gasteiger partial charge in [-0.3, -0.25) is 4.79 Å². The first-order valence-electron chi connectivity index (χ1n) is 2.66. The van der Waals surface area contributed by atoms with Crippen molar-refractivity contribution >= 4 is 10.2 Å². The first-order chi connectivity index (χ1) is 5.05. The molecule has 58 valence electrons. The van der Waals surface area contributed by atoms with Crippen molar-refractivity contribution in [3.8, 4) is 0 Å². The van der Waals surface area contributed by atoms with Gasteiger partial charge in [-0.15, -0.1) is 3.97 Å². The molecule has 0 spiro atoms. The van der Waals surface area contributed by atoms with Gasteiger partial charge in [-0.1, -0.05) is 0 Å². The highest BCUT2D eigenvalue weighted by atomic mass is 32.2. The van der Waals surface area contributed by atoms with Crippen LogP contribution in [0.5, 0.6) is 0 Å². The molecule has 2 aliphatic heterocycles. The molecule has 7 heteroatoms. The molecule has 0 radical (unpaired) electrons. The minimum atomic E-state index is -3.78. The van der Waals surface area contributed by atoms with Gasteiger partial charge in [0.15, 0.2) is 0 Å². The van der Waals surface area contributed by atoms with Crippen LogP contribution in [-0.2, 0) is 10.2 Å². The number of rotatable bonds is 0. The van der Waals surface area contributed by atoms with Gasteiger partial charge < -0.3 is 0 Å². The van der Waals surface area contributed by atoms with Gasteiger partial charge in [0.05, 0.1) is 0 Å². The van der Waals surface area contributed by atoms with Crippen LogP contribution in [0.4, 0.5) is 0 Å². The lowest BCUT2D eigenvalue weighted by Gasteiger charge is -2.16. The molecule has 0 saturated heterocycles. The highest BCUT2D eigenvalue weighted by molar-refractivity contribution is 7.89. The van der Waals surface area contributed by atoms with E-state index in [4.69, 9.17) is 0 Å². The molecular weight excluding hydrogens is 172 g/mol. The zero-order chi connectivity index (χ0) is 8.22. The van der Waals surface area contributed by atoms with Crippen molar-refractivity contribution in [3.05, 3.63) is 33.1 Å². The van der Waals surface area contributed by atoms with Crippen LogP contribution in [0.15, 0.2) is 21.9 Å². The van der Waals surface area contributed by atoms with E-state index in [-0.39, 0.29) is 3.97 Å². The highest BCUT2D eigenvalue weighted by Gasteiger charge is 2.33.